The molecule has 0 aliphatic rings. The van der Waals surface area contributed by atoms with Crippen LogP contribution in [0.2, 0.25) is 0 Å². The van der Waals surface area contributed by atoms with E-state index in [0.717, 1.165) is 0 Å². The first kappa shape index (κ1) is 11.7. The zero-order valence-corrected chi connectivity index (χ0v) is 8.73. The van der Waals surface area contributed by atoms with Crippen LogP contribution in [0.3, 0.4) is 0 Å². The molecule has 0 aliphatic heterocycles. The van der Waals surface area contributed by atoms with Crippen molar-refractivity contribution in [3.05, 3.63) is 24.2 Å². The molecule has 5 heteroatoms. The number of furan rings is 1. The van der Waals surface area contributed by atoms with E-state index in [2.05, 4.69) is 5.32 Å². The van der Waals surface area contributed by atoms with E-state index in [1.165, 1.54) is 6.26 Å². The van der Waals surface area contributed by atoms with Crippen LogP contribution >= 0.6 is 0 Å². The normalized spacial score (nSPS) is 12.4. The fourth-order valence-corrected chi connectivity index (χ4v) is 1.26. The van der Waals surface area contributed by atoms with Crippen molar-refractivity contribution in [2.24, 2.45) is 5.73 Å². The number of ether oxygens (including phenoxy) is 1. The maximum absolute atomic E-state index is 11.6. The highest BCUT2D eigenvalue weighted by atomic mass is 16.5. The highest BCUT2D eigenvalue weighted by Crippen LogP contribution is 2.01. The predicted molar refractivity (Wildman–Crippen MR) is 55.5 cm³/mol. The Bertz CT molecular complexity index is 279. The number of nitrogens with two attached hydrogens (primary N) is 1. The third-order valence-electron chi connectivity index (χ3n) is 1.96. The van der Waals surface area contributed by atoms with Crippen molar-refractivity contribution in [1.29, 1.82) is 0 Å². The monoisotopic (exact) mass is 212 g/mol. The number of hydrogen-bond acceptors (Lipinski definition) is 4. The largest absolute Gasteiger partial charge is 0.459 e. The van der Waals surface area contributed by atoms with Gasteiger partial charge in [0.15, 0.2) is 5.76 Å². The van der Waals surface area contributed by atoms with Crippen LogP contribution in [0, 0.1) is 0 Å². The number of amides is 1. The van der Waals surface area contributed by atoms with Crippen molar-refractivity contribution in [3.8, 4) is 0 Å². The Morgan fingerprint density at radius 2 is 2.53 bits per heavy atom. The lowest BCUT2D eigenvalue weighted by Gasteiger charge is -2.15. The summed E-state index contributed by atoms with van der Waals surface area (Å²) in [6.45, 7) is 0.954. The van der Waals surface area contributed by atoms with E-state index in [1.807, 2.05) is 0 Å². The first-order chi connectivity index (χ1) is 7.27. The molecule has 0 spiro atoms. The van der Waals surface area contributed by atoms with E-state index in [-0.39, 0.29) is 11.9 Å². The molecule has 15 heavy (non-hydrogen) atoms. The zero-order chi connectivity index (χ0) is 11.1. The molecular weight excluding hydrogens is 196 g/mol. The van der Waals surface area contributed by atoms with Gasteiger partial charge in [-0.15, -0.1) is 0 Å². The third kappa shape index (κ3) is 3.73. The Hall–Kier alpha value is -1.33. The predicted octanol–water partition coefficient (Wildman–Crippen LogP) is 0.373. The number of nitrogens with one attached hydrogen (secondary N) is 1. The minimum atomic E-state index is -0.240. The molecule has 84 valence electrons. The van der Waals surface area contributed by atoms with E-state index in [4.69, 9.17) is 14.9 Å². The molecule has 0 radical (unpaired) electrons. The summed E-state index contributed by atoms with van der Waals surface area (Å²) in [7, 11) is 1.59. The lowest BCUT2D eigenvalue weighted by atomic mass is 10.2. The Morgan fingerprint density at radius 3 is 3.07 bits per heavy atom. The van der Waals surface area contributed by atoms with Crippen molar-refractivity contribution >= 4 is 5.91 Å². The Balaban J connectivity index is 2.47. The van der Waals surface area contributed by atoms with Crippen LogP contribution < -0.4 is 11.1 Å². The zero-order valence-electron chi connectivity index (χ0n) is 8.73. The second kappa shape index (κ2) is 6.21. The second-order valence-corrected chi connectivity index (χ2v) is 3.18. The molecule has 5 nitrogen and oxygen atoms in total. The van der Waals surface area contributed by atoms with Crippen LogP contribution in [0.15, 0.2) is 22.8 Å². The van der Waals surface area contributed by atoms with Gasteiger partial charge < -0.3 is 20.2 Å². The molecule has 0 fully saturated rings. The van der Waals surface area contributed by atoms with Gasteiger partial charge in [-0.2, -0.15) is 0 Å². The van der Waals surface area contributed by atoms with Crippen molar-refractivity contribution in [1.82, 2.24) is 5.32 Å². The summed E-state index contributed by atoms with van der Waals surface area (Å²) in [5.41, 5.74) is 5.42. The third-order valence-corrected chi connectivity index (χ3v) is 1.96. The summed E-state index contributed by atoms with van der Waals surface area (Å²) in [5, 5.41) is 2.78. The van der Waals surface area contributed by atoms with Gasteiger partial charge in [-0.3, -0.25) is 4.79 Å². The summed E-state index contributed by atoms with van der Waals surface area (Å²) >= 11 is 0. The fourth-order valence-electron chi connectivity index (χ4n) is 1.26. The molecule has 0 bridgehead atoms. The van der Waals surface area contributed by atoms with Gasteiger partial charge in [-0.05, 0) is 25.1 Å². The van der Waals surface area contributed by atoms with Gasteiger partial charge in [-0.25, -0.2) is 0 Å². The quantitative estimate of drug-likeness (QED) is 0.714. The molecule has 1 aromatic rings. The molecular formula is C10H16N2O3. The average Bonchev–Trinajstić information content (AvgIpc) is 2.71. The first-order valence-electron chi connectivity index (χ1n) is 4.81. The molecule has 0 saturated heterocycles. The molecule has 0 aromatic carbocycles. The molecule has 1 unspecified atom stereocenters. The van der Waals surface area contributed by atoms with Crippen molar-refractivity contribution in [2.75, 3.05) is 20.3 Å². The van der Waals surface area contributed by atoms with Gasteiger partial charge in [0.2, 0.25) is 0 Å². The Labute approximate surface area is 88.6 Å². The summed E-state index contributed by atoms with van der Waals surface area (Å²) in [5.74, 6) is 0.0589. The minimum Gasteiger partial charge on any atom is -0.459 e. The van der Waals surface area contributed by atoms with E-state index in [9.17, 15) is 4.79 Å². The minimum absolute atomic E-state index is 0.0717. The standard InChI is InChI=1S/C10H16N2O3/c1-14-7-8(4-5-11)12-10(13)9-3-2-6-15-9/h2-3,6,8H,4-5,7,11H2,1H3,(H,12,13). The van der Waals surface area contributed by atoms with E-state index >= 15 is 0 Å². The van der Waals surface area contributed by atoms with Crippen LogP contribution in [0.25, 0.3) is 0 Å². The van der Waals surface area contributed by atoms with Gasteiger partial charge in [0.05, 0.1) is 18.9 Å². The molecule has 1 heterocycles. The molecule has 1 rings (SSSR count). The summed E-state index contributed by atoms with van der Waals surface area (Å²) in [4.78, 5) is 11.6. The lowest BCUT2D eigenvalue weighted by Crippen LogP contribution is -2.39. The summed E-state index contributed by atoms with van der Waals surface area (Å²) in [6.07, 6.45) is 2.14. The van der Waals surface area contributed by atoms with Gasteiger partial charge >= 0.3 is 0 Å². The van der Waals surface area contributed by atoms with Crippen LogP contribution in [-0.2, 0) is 4.74 Å². The number of carbonyl (C=O) groups excluding carboxylic acids is 1. The lowest BCUT2D eigenvalue weighted by molar-refractivity contribution is 0.0866. The summed E-state index contributed by atoms with van der Waals surface area (Å²) < 4.78 is 9.94. The van der Waals surface area contributed by atoms with Crippen LogP contribution in [0.1, 0.15) is 17.0 Å². The average molecular weight is 212 g/mol. The fraction of sp³-hybridized carbons (Fsp3) is 0.500. The molecule has 0 saturated carbocycles. The van der Waals surface area contributed by atoms with Gasteiger partial charge in [0.25, 0.3) is 5.91 Å². The van der Waals surface area contributed by atoms with Crippen molar-refractivity contribution in [2.45, 2.75) is 12.5 Å². The van der Waals surface area contributed by atoms with Crippen LogP contribution in [0.5, 0.6) is 0 Å². The van der Waals surface area contributed by atoms with Crippen LogP contribution in [0.4, 0.5) is 0 Å². The second-order valence-electron chi connectivity index (χ2n) is 3.18. The maximum atomic E-state index is 11.6. The molecule has 1 amide bonds. The highest BCUT2D eigenvalue weighted by molar-refractivity contribution is 5.91. The number of carbonyl (C=O) groups is 1. The molecule has 3 N–H and O–H groups in total. The van der Waals surface area contributed by atoms with E-state index in [1.54, 1.807) is 19.2 Å². The van der Waals surface area contributed by atoms with Crippen molar-refractivity contribution < 1.29 is 13.9 Å². The van der Waals surface area contributed by atoms with Crippen molar-refractivity contribution in [3.63, 3.8) is 0 Å². The Kier molecular flexibility index (Phi) is 4.86. The highest BCUT2D eigenvalue weighted by Gasteiger charge is 2.14. The molecule has 1 aromatic heterocycles. The van der Waals surface area contributed by atoms with E-state index in [0.29, 0.717) is 25.3 Å². The van der Waals surface area contributed by atoms with E-state index < -0.39 is 0 Å². The molecule has 1 atom stereocenters. The topological polar surface area (TPSA) is 77.5 Å². The first-order valence-corrected chi connectivity index (χ1v) is 4.81. The smallest absolute Gasteiger partial charge is 0.287 e. The Morgan fingerprint density at radius 1 is 1.73 bits per heavy atom. The summed E-state index contributed by atoms with van der Waals surface area (Å²) in [6, 6.07) is 3.21. The number of rotatable bonds is 6. The van der Waals surface area contributed by atoms with Gasteiger partial charge in [0.1, 0.15) is 0 Å². The SMILES string of the molecule is COCC(CCN)NC(=O)c1ccco1. The number of methoxy groups -OCH3 is 1. The van der Waals surface area contributed by atoms with Gasteiger partial charge in [-0.1, -0.05) is 0 Å². The molecule has 0 aliphatic carbocycles. The van der Waals surface area contributed by atoms with Crippen LogP contribution in [-0.4, -0.2) is 32.2 Å². The maximum Gasteiger partial charge on any atom is 0.287 e. The number of hydrogen-bond donors (Lipinski definition) is 2. The van der Waals surface area contributed by atoms with Gasteiger partial charge in [0, 0.05) is 7.11 Å².